The van der Waals surface area contributed by atoms with E-state index in [2.05, 4.69) is 34.3 Å². The number of ether oxygens (including phenoxy) is 1. The summed E-state index contributed by atoms with van der Waals surface area (Å²) in [5.41, 5.74) is 3.23. The van der Waals surface area contributed by atoms with E-state index in [1.54, 1.807) is 0 Å². The summed E-state index contributed by atoms with van der Waals surface area (Å²) in [6.45, 7) is 6.51. The van der Waals surface area contributed by atoms with Gasteiger partial charge in [0.25, 0.3) is 0 Å². The highest BCUT2D eigenvalue weighted by Gasteiger charge is 2.22. The van der Waals surface area contributed by atoms with Gasteiger partial charge in [-0.1, -0.05) is 25.1 Å². The van der Waals surface area contributed by atoms with Gasteiger partial charge < -0.3 is 19.9 Å². The number of fused-ring (bicyclic) bond motifs is 4. The normalized spacial score (nSPS) is 17.5. The first-order valence-electron chi connectivity index (χ1n) is 12.7. The van der Waals surface area contributed by atoms with Crippen LogP contribution in [0.4, 0.5) is 10.2 Å². The lowest BCUT2D eigenvalue weighted by Crippen LogP contribution is -2.38. The molecule has 188 valence electrons. The number of pyridine rings is 1. The van der Waals surface area contributed by atoms with Crippen molar-refractivity contribution in [1.82, 2.24) is 14.8 Å². The Morgan fingerprint density at radius 3 is 3.00 bits per heavy atom. The van der Waals surface area contributed by atoms with Crippen LogP contribution in [0.5, 0.6) is 5.75 Å². The average Bonchev–Trinajstić information content (AvgIpc) is 2.87. The highest BCUT2D eigenvalue weighted by molar-refractivity contribution is 5.76. The van der Waals surface area contributed by atoms with Gasteiger partial charge in [-0.3, -0.25) is 9.79 Å². The Bertz CT molecular complexity index is 1010. The maximum absolute atomic E-state index is 13.0. The summed E-state index contributed by atoms with van der Waals surface area (Å²) < 4.78 is 18.8. The van der Waals surface area contributed by atoms with Crippen LogP contribution in [0.25, 0.3) is 0 Å². The third kappa shape index (κ3) is 6.78. The number of amides is 1. The van der Waals surface area contributed by atoms with Crippen molar-refractivity contribution in [2.75, 3.05) is 57.9 Å². The first kappa shape index (κ1) is 25.1. The molecule has 2 aliphatic heterocycles. The molecule has 1 atom stereocenters. The first-order chi connectivity index (χ1) is 17.2. The van der Waals surface area contributed by atoms with Gasteiger partial charge in [0, 0.05) is 32.3 Å². The Balaban J connectivity index is 1.45. The summed E-state index contributed by atoms with van der Waals surface area (Å²) in [6, 6.07) is 12.1. The van der Waals surface area contributed by atoms with Crippen LogP contribution in [0.15, 0.2) is 41.4 Å². The van der Waals surface area contributed by atoms with E-state index in [9.17, 15) is 9.18 Å². The molecular formula is C27H36FN5O2. The molecule has 35 heavy (non-hydrogen) atoms. The molecule has 7 nitrogen and oxygen atoms in total. The van der Waals surface area contributed by atoms with E-state index >= 15 is 0 Å². The van der Waals surface area contributed by atoms with E-state index in [4.69, 9.17) is 9.72 Å². The molecule has 4 bridgehead atoms. The lowest BCUT2D eigenvalue weighted by molar-refractivity contribution is -0.131. The number of halogens is 1. The molecule has 0 saturated heterocycles. The largest absolute Gasteiger partial charge is 0.492 e. The minimum absolute atomic E-state index is 0.00487. The molecule has 0 saturated carbocycles. The molecular weight excluding hydrogens is 445 g/mol. The van der Waals surface area contributed by atoms with Gasteiger partial charge in [-0.15, -0.1) is 0 Å². The van der Waals surface area contributed by atoms with Crippen molar-refractivity contribution in [3.63, 3.8) is 0 Å². The number of aliphatic imine (C=N–C) groups is 1. The highest BCUT2D eigenvalue weighted by atomic mass is 19.1. The fraction of sp³-hybridized carbons (Fsp3) is 0.519. The molecule has 1 N–H and O–H groups in total. The first-order valence-corrected chi connectivity index (χ1v) is 12.7. The summed E-state index contributed by atoms with van der Waals surface area (Å²) in [7, 11) is 0. The number of hydrogen-bond acceptors (Lipinski definition) is 6. The van der Waals surface area contributed by atoms with Crippen molar-refractivity contribution in [3.8, 4) is 5.75 Å². The van der Waals surface area contributed by atoms with Crippen LogP contribution in [0.3, 0.4) is 0 Å². The highest BCUT2D eigenvalue weighted by Crippen LogP contribution is 2.31. The SMILES string of the molecule is CCCN(CCF)CCCC(=O)N1CCNc2ccc3c(n2)C(C=NC3)c2cccc(c2)OCC1. The maximum Gasteiger partial charge on any atom is 0.222 e. The van der Waals surface area contributed by atoms with Gasteiger partial charge in [0.15, 0.2) is 0 Å². The number of rotatable bonds is 8. The topological polar surface area (TPSA) is 70.1 Å². The standard InChI is InChI=1S/C27H36FN5O2/c1-2-12-32(14-10-28)13-4-7-26(34)33-15-11-30-25-9-8-22-19-29-20-24(27(22)31-25)21-5-3-6-23(18-21)35-17-16-33/h3,5-6,8-9,18,20,24H,2,4,7,10-17,19H2,1H3,(H,30,31). The minimum atomic E-state index is -0.353. The summed E-state index contributed by atoms with van der Waals surface area (Å²) in [6.07, 6.45) is 4.12. The average molecular weight is 482 g/mol. The number of hydrogen-bond donors (Lipinski definition) is 1. The molecule has 1 aromatic carbocycles. The van der Waals surface area contributed by atoms with Gasteiger partial charge in [-0.2, -0.15) is 0 Å². The van der Waals surface area contributed by atoms with E-state index < -0.39 is 0 Å². The summed E-state index contributed by atoms with van der Waals surface area (Å²) >= 11 is 0. The van der Waals surface area contributed by atoms with Crippen molar-refractivity contribution in [1.29, 1.82) is 0 Å². The monoisotopic (exact) mass is 481 g/mol. The number of alkyl halides is 1. The smallest absolute Gasteiger partial charge is 0.222 e. The Morgan fingerprint density at radius 2 is 2.14 bits per heavy atom. The summed E-state index contributed by atoms with van der Waals surface area (Å²) in [5.74, 6) is 1.68. The van der Waals surface area contributed by atoms with Gasteiger partial charge in [-0.05, 0) is 55.3 Å². The van der Waals surface area contributed by atoms with Gasteiger partial charge in [-0.25, -0.2) is 9.37 Å². The molecule has 0 radical (unpaired) electrons. The number of anilines is 1. The predicted molar refractivity (Wildman–Crippen MR) is 137 cm³/mol. The van der Waals surface area contributed by atoms with E-state index in [0.29, 0.717) is 45.8 Å². The molecule has 8 heteroatoms. The van der Waals surface area contributed by atoms with Crippen LogP contribution in [0, 0.1) is 0 Å². The third-order valence-electron chi connectivity index (χ3n) is 6.52. The zero-order valence-electron chi connectivity index (χ0n) is 20.6. The van der Waals surface area contributed by atoms with Gasteiger partial charge in [0.05, 0.1) is 24.7 Å². The lowest BCUT2D eigenvalue weighted by atomic mass is 9.91. The Morgan fingerprint density at radius 1 is 1.23 bits per heavy atom. The molecule has 4 rings (SSSR count). The molecule has 0 spiro atoms. The summed E-state index contributed by atoms with van der Waals surface area (Å²) in [4.78, 5) is 26.4. The fourth-order valence-electron chi connectivity index (χ4n) is 4.71. The molecule has 1 aromatic heterocycles. The van der Waals surface area contributed by atoms with Crippen LogP contribution in [-0.4, -0.2) is 79.5 Å². The van der Waals surface area contributed by atoms with Gasteiger partial charge in [0.2, 0.25) is 5.91 Å². The van der Waals surface area contributed by atoms with E-state index in [0.717, 1.165) is 54.3 Å². The van der Waals surface area contributed by atoms with Crippen molar-refractivity contribution in [3.05, 3.63) is 53.2 Å². The van der Waals surface area contributed by atoms with E-state index in [1.807, 2.05) is 35.4 Å². The Hall–Kier alpha value is -3.00. The molecule has 0 fully saturated rings. The molecule has 2 aromatic rings. The number of nitrogens with zero attached hydrogens (tertiary/aromatic N) is 4. The zero-order valence-corrected chi connectivity index (χ0v) is 20.6. The molecule has 3 heterocycles. The Kier molecular flexibility index (Phi) is 9.06. The van der Waals surface area contributed by atoms with Crippen LogP contribution in [0.1, 0.15) is 48.9 Å². The maximum atomic E-state index is 13.0. The molecule has 0 aliphatic carbocycles. The Labute approximate surface area is 207 Å². The number of carbonyl (C=O) groups excluding carboxylic acids is 1. The van der Waals surface area contributed by atoms with Crippen molar-refractivity contribution in [2.45, 2.75) is 38.6 Å². The quantitative estimate of drug-likeness (QED) is 0.620. The number of benzene rings is 1. The molecule has 1 unspecified atom stereocenters. The number of carbonyl (C=O) groups is 1. The minimum Gasteiger partial charge on any atom is -0.492 e. The lowest BCUT2D eigenvalue weighted by Gasteiger charge is -2.26. The fourth-order valence-corrected chi connectivity index (χ4v) is 4.71. The zero-order chi connectivity index (χ0) is 24.5. The molecule has 1 amide bonds. The van der Waals surface area contributed by atoms with Gasteiger partial charge >= 0.3 is 0 Å². The van der Waals surface area contributed by atoms with Crippen LogP contribution < -0.4 is 10.1 Å². The second kappa shape index (κ2) is 12.6. The van der Waals surface area contributed by atoms with Crippen LogP contribution in [0.2, 0.25) is 0 Å². The van der Waals surface area contributed by atoms with Crippen molar-refractivity contribution in [2.24, 2.45) is 4.99 Å². The second-order valence-corrected chi connectivity index (χ2v) is 9.07. The van der Waals surface area contributed by atoms with Gasteiger partial charge in [0.1, 0.15) is 24.8 Å². The van der Waals surface area contributed by atoms with E-state index in [-0.39, 0.29) is 18.5 Å². The van der Waals surface area contributed by atoms with Crippen molar-refractivity contribution >= 4 is 17.9 Å². The number of nitrogens with one attached hydrogen (secondary N) is 1. The number of aromatic nitrogens is 1. The summed E-state index contributed by atoms with van der Waals surface area (Å²) in [5, 5.41) is 3.39. The second-order valence-electron chi connectivity index (χ2n) is 9.07. The third-order valence-corrected chi connectivity index (χ3v) is 6.52. The van der Waals surface area contributed by atoms with Crippen LogP contribution >= 0.6 is 0 Å². The van der Waals surface area contributed by atoms with E-state index in [1.165, 1.54) is 0 Å². The van der Waals surface area contributed by atoms with Crippen LogP contribution in [-0.2, 0) is 11.3 Å². The molecule has 2 aliphatic rings. The predicted octanol–water partition coefficient (Wildman–Crippen LogP) is 3.89. The van der Waals surface area contributed by atoms with Crippen molar-refractivity contribution < 1.29 is 13.9 Å².